The number of hydrogen-bond acceptors (Lipinski definition) is 2. The molecule has 1 saturated heterocycles. The number of aliphatic carboxylic acids is 1. The van der Waals surface area contributed by atoms with Gasteiger partial charge in [0, 0.05) is 19.5 Å². The van der Waals surface area contributed by atoms with E-state index in [0.29, 0.717) is 18.3 Å². The maximum absolute atomic E-state index is 12.5. The molecule has 1 N–H and O–H groups in total. The predicted octanol–water partition coefficient (Wildman–Crippen LogP) is 2.74. The number of amides is 1. The number of likely N-dealkylation sites (tertiary alicyclic amines) is 1. The molecule has 0 radical (unpaired) electrons. The Morgan fingerprint density at radius 1 is 1.09 bits per heavy atom. The van der Waals surface area contributed by atoms with Crippen molar-refractivity contribution in [2.24, 2.45) is 17.8 Å². The van der Waals surface area contributed by atoms with Crippen LogP contribution in [0.25, 0.3) is 0 Å². The lowest BCUT2D eigenvalue weighted by Gasteiger charge is -2.19. The van der Waals surface area contributed by atoms with E-state index in [9.17, 15) is 14.7 Å². The third kappa shape index (κ3) is 3.81. The van der Waals surface area contributed by atoms with Gasteiger partial charge >= 0.3 is 5.97 Å². The summed E-state index contributed by atoms with van der Waals surface area (Å²) in [7, 11) is 0. The van der Waals surface area contributed by atoms with Gasteiger partial charge in [-0.25, -0.2) is 0 Å². The number of carbonyl (C=O) groups excluding carboxylic acids is 1. The molecule has 1 aliphatic carbocycles. The molecule has 0 spiro atoms. The Bertz CT molecular complexity index is 580. The molecule has 2 aliphatic rings. The van der Waals surface area contributed by atoms with Crippen molar-refractivity contribution < 1.29 is 14.7 Å². The molecule has 122 valence electrons. The normalized spacial score (nSPS) is 24.3. The summed E-state index contributed by atoms with van der Waals surface area (Å²) in [6, 6.07) is 9.53. The van der Waals surface area contributed by atoms with Gasteiger partial charge in [0.1, 0.15) is 0 Å². The minimum atomic E-state index is -0.888. The van der Waals surface area contributed by atoms with Crippen molar-refractivity contribution in [1.29, 1.82) is 0 Å². The van der Waals surface area contributed by atoms with E-state index in [-0.39, 0.29) is 12.3 Å². The molecule has 0 unspecified atom stereocenters. The Hall–Kier alpha value is -2.10. The van der Waals surface area contributed by atoms with Crippen LogP contribution in [0.15, 0.2) is 42.5 Å². The van der Waals surface area contributed by atoms with Crippen LogP contribution >= 0.6 is 0 Å². The molecule has 1 amide bonds. The first kappa shape index (κ1) is 15.8. The lowest BCUT2D eigenvalue weighted by Crippen LogP contribution is -2.33. The first-order chi connectivity index (χ1) is 11.1. The number of carboxylic acid groups (broad SMARTS) is 1. The Balaban J connectivity index is 1.59. The zero-order valence-electron chi connectivity index (χ0n) is 13.2. The van der Waals surface area contributed by atoms with E-state index in [1.165, 1.54) is 0 Å². The van der Waals surface area contributed by atoms with Crippen LogP contribution in [0.2, 0.25) is 0 Å². The van der Waals surface area contributed by atoms with E-state index in [0.717, 1.165) is 31.5 Å². The van der Waals surface area contributed by atoms with Crippen molar-refractivity contribution in [1.82, 2.24) is 4.90 Å². The fraction of sp³-hybridized carbons (Fsp3) is 0.474. The van der Waals surface area contributed by atoms with E-state index in [2.05, 4.69) is 12.2 Å². The fourth-order valence-electron chi connectivity index (χ4n) is 3.70. The minimum Gasteiger partial charge on any atom is -0.481 e. The number of hydrogen-bond donors (Lipinski definition) is 1. The first-order valence-electron chi connectivity index (χ1n) is 8.33. The third-order valence-corrected chi connectivity index (χ3v) is 5.07. The molecule has 0 saturated carbocycles. The van der Waals surface area contributed by atoms with Crippen LogP contribution in [0.3, 0.4) is 0 Å². The number of carboxylic acids is 1. The SMILES string of the molecule is O=C(O)[C@H](CC(=O)N1C[C@H]2CC=CC[C@@H]2C1)Cc1ccccc1. The Kier molecular flexibility index (Phi) is 4.79. The summed E-state index contributed by atoms with van der Waals surface area (Å²) in [6.07, 6.45) is 6.98. The number of rotatable bonds is 5. The van der Waals surface area contributed by atoms with Gasteiger partial charge in [0.2, 0.25) is 5.91 Å². The predicted molar refractivity (Wildman–Crippen MR) is 87.8 cm³/mol. The first-order valence-corrected chi connectivity index (χ1v) is 8.33. The smallest absolute Gasteiger partial charge is 0.307 e. The molecule has 4 nitrogen and oxygen atoms in total. The molecule has 0 bridgehead atoms. The fourth-order valence-corrected chi connectivity index (χ4v) is 3.70. The van der Waals surface area contributed by atoms with E-state index < -0.39 is 11.9 Å². The van der Waals surface area contributed by atoms with Crippen molar-refractivity contribution in [3.05, 3.63) is 48.0 Å². The van der Waals surface area contributed by atoms with Crippen LogP contribution in [0.4, 0.5) is 0 Å². The molecule has 0 aromatic heterocycles. The van der Waals surface area contributed by atoms with Crippen LogP contribution in [0.5, 0.6) is 0 Å². The molecule has 1 fully saturated rings. The number of carbonyl (C=O) groups is 2. The standard InChI is InChI=1S/C19H23NO3/c21-18(20-12-15-8-4-5-9-16(15)13-20)11-17(19(22)23)10-14-6-2-1-3-7-14/h1-7,15-17H,8-13H2,(H,22,23)/t15-,16-,17+/m1/s1. The summed E-state index contributed by atoms with van der Waals surface area (Å²) >= 11 is 0. The highest BCUT2D eigenvalue weighted by molar-refractivity contribution is 5.82. The highest BCUT2D eigenvalue weighted by atomic mass is 16.4. The van der Waals surface area contributed by atoms with Crippen molar-refractivity contribution in [3.63, 3.8) is 0 Å². The molecule has 4 heteroatoms. The van der Waals surface area contributed by atoms with Crippen LogP contribution in [-0.4, -0.2) is 35.0 Å². The molecule has 1 aliphatic heterocycles. The van der Waals surface area contributed by atoms with E-state index in [1.807, 2.05) is 35.2 Å². The average Bonchev–Trinajstić information content (AvgIpc) is 2.99. The lowest BCUT2D eigenvalue weighted by atomic mass is 9.86. The Morgan fingerprint density at radius 2 is 1.70 bits per heavy atom. The largest absolute Gasteiger partial charge is 0.481 e. The number of fused-ring (bicyclic) bond motifs is 1. The van der Waals surface area contributed by atoms with Crippen molar-refractivity contribution in [2.75, 3.05) is 13.1 Å². The van der Waals surface area contributed by atoms with Crippen LogP contribution in [0.1, 0.15) is 24.8 Å². The summed E-state index contributed by atoms with van der Waals surface area (Å²) in [6.45, 7) is 1.57. The second kappa shape index (κ2) is 6.99. The zero-order chi connectivity index (χ0) is 16.2. The number of nitrogens with zero attached hydrogens (tertiary/aromatic N) is 1. The Labute approximate surface area is 136 Å². The monoisotopic (exact) mass is 313 g/mol. The molecule has 1 heterocycles. The highest BCUT2D eigenvalue weighted by Crippen LogP contribution is 2.33. The molecule has 3 atom stereocenters. The van der Waals surface area contributed by atoms with Crippen molar-refractivity contribution in [2.45, 2.75) is 25.7 Å². The summed E-state index contributed by atoms with van der Waals surface area (Å²) in [5, 5.41) is 9.45. The topological polar surface area (TPSA) is 57.6 Å². The van der Waals surface area contributed by atoms with Gasteiger partial charge in [0.25, 0.3) is 0 Å². The van der Waals surface area contributed by atoms with Gasteiger partial charge in [-0.2, -0.15) is 0 Å². The zero-order valence-corrected chi connectivity index (χ0v) is 13.2. The van der Waals surface area contributed by atoms with Crippen LogP contribution in [-0.2, 0) is 16.0 Å². The maximum Gasteiger partial charge on any atom is 0.307 e. The second-order valence-corrected chi connectivity index (χ2v) is 6.69. The van der Waals surface area contributed by atoms with Gasteiger partial charge in [-0.3, -0.25) is 9.59 Å². The van der Waals surface area contributed by atoms with E-state index >= 15 is 0 Å². The third-order valence-electron chi connectivity index (χ3n) is 5.07. The van der Waals surface area contributed by atoms with Gasteiger partial charge in [-0.1, -0.05) is 42.5 Å². The van der Waals surface area contributed by atoms with Gasteiger partial charge in [0.15, 0.2) is 0 Å². The lowest BCUT2D eigenvalue weighted by molar-refractivity contribution is -0.145. The van der Waals surface area contributed by atoms with Crippen molar-refractivity contribution in [3.8, 4) is 0 Å². The molecule has 1 aromatic rings. The molecular weight excluding hydrogens is 290 g/mol. The molecule has 1 aromatic carbocycles. The maximum atomic E-state index is 12.5. The summed E-state index contributed by atoms with van der Waals surface area (Å²) in [5.41, 5.74) is 0.965. The van der Waals surface area contributed by atoms with Gasteiger partial charge < -0.3 is 10.0 Å². The number of benzene rings is 1. The number of allylic oxidation sites excluding steroid dienone is 2. The highest BCUT2D eigenvalue weighted by Gasteiger charge is 2.36. The average molecular weight is 313 g/mol. The van der Waals surface area contributed by atoms with E-state index in [4.69, 9.17) is 0 Å². The minimum absolute atomic E-state index is 0.0114. The Morgan fingerprint density at radius 3 is 2.26 bits per heavy atom. The second-order valence-electron chi connectivity index (χ2n) is 6.69. The molecule has 3 rings (SSSR count). The van der Waals surface area contributed by atoms with Crippen LogP contribution < -0.4 is 0 Å². The quantitative estimate of drug-likeness (QED) is 0.850. The van der Waals surface area contributed by atoms with Gasteiger partial charge in [-0.05, 0) is 36.7 Å². The summed E-state index contributed by atoms with van der Waals surface area (Å²) < 4.78 is 0. The van der Waals surface area contributed by atoms with Gasteiger partial charge in [-0.15, -0.1) is 0 Å². The summed E-state index contributed by atoms with van der Waals surface area (Å²) in [5.74, 6) is -0.434. The van der Waals surface area contributed by atoms with Crippen LogP contribution in [0, 0.1) is 17.8 Å². The molecule has 23 heavy (non-hydrogen) atoms. The summed E-state index contributed by atoms with van der Waals surface area (Å²) in [4.78, 5) is 25.9. The van der Waals surface area contributed by atoms with Crippen molar-refractivity contribution >= 4 is 11.9 Å². The van der Waals surface area contributed by atoms with E-state index in [1.54, 1.807) is 0 Å². The van der Waals surface area contributed by atoms with Gasteiger partial charge in [0.05, 0.1) is 5.92 Å². The molecular formula is C19H23NO3.